The van der Waals surface area contributed by atoms with E-state index in [1.165, 1.54) is 18.4 Å². The Morgan fingerprint density at radius 2 is 1.46 bits per heavy atom. The van der Waals surface area contributed by atoms with Gasteiger partial charge in [0.1, 0.15) is 11.5 Å². The molecule has 5 heteroatoms. The smallest absolute Gasteiger partial charge is 0.319 e. The fourth-order valence-corrected chi connectivity index (χ4v) is 3.66. The van der Waals surface area contributed by atoms with Gasteiger partial charge in [-0.2, -0.15) is 0 Å². The van der Waals surface area contributed by atoms with Crippen LogP contribution in [0, 0.1) is 0 Å². The van der Waals surface area contributed by atoms with E-state index in [2.05, 4.69) is 22.8 Å². The molecule has 5 nitrogen and oxygen atoms in total. The average Bonchev–Trinajstić information content (AvgIpc) is 3.17. The Morgan fingerprint density at radius 3 is 2.00 bits per heavy atom. The first kappa shape index (κ1) is 18.1. The molecule has 1 aliphatic carbocycles. The lowest BCUT2D eigenvalue weighted by Crippen LogP contribution is -2.40. The monoisotopic (exact) mass is 354 g/mol. The number of urea groups is 1. The second kappa shape index (κ2) is 8.13. The van der Waals surface area contributed by atoms with Gasteiger partial charge in [-0.15, -0.1) is 0 Å². The zero-order chi connectivity index (χ0) is 18.4. The van der Waals surface area contributed by atoms with E-state index in [1.807, 2.05) is 36.4 Å². The van der Waals surface area contributed by atoms with Crippen LogP contribution < -0.4 is 20.1 Å². The third-order valence-corrected chi connectivity index (χ3v) is 5.20. The molecule has 0 atom stereocenters. The number of benzene rings is 2. The van der Waals surface area contributed by atoms with E-state index in [0.29, 0.717) is 6.54 Å². The maximum absolute atomic E-state index is 12.3. The van der Waals surface area contributed by atoms with Crippen molar-refractivity contribution in [3.8, 4) is 11.5 Å². The molecule has 0 spiro atoms. The summed E-state index contributed by atoms with van der Waals surface area (Å²) in [5, 5.41) is 5.94. The number of carbonyl (C=O) groups is 1. The van der Waals surface area contributed by atoms with E-state index < -0.39 is 0 Å². The quantitative estimate of drug-likeness (QED) is 0.811. The molecule has 26 heavy (non-hydrogen) atoms. The molecule has 0 radical (unpaired) electrons. The summed E-state index contributed by atoms with van der Waals surface area (Å²) in [6.45, 7) is 0.626. The standard InChI is InChI=1S/C21H26N2O3/c1-25-18-9-5-16(6-10-18)21(13-3-4-14-21)15-22-20(24)23-17-7-11-19(26-2)12-8-17/h5-12H,3-4,13-15H2,1-2H3,(H2,22,23,24). The van der Waals surface area contributed by atoms with Crippen molar-refractivity contribution >= 4 is 11.7 Å². The topological polar surface area (TPSA) is 59.6 Å². The van der Waals surface area contributed by atoms with Crippen molar-refractivity contribution in [3.05, 3.63) is 54.1 Å². The van der Waals surface area contributed by atoms with Crippen LogP contribution in [0.1, 0.15) is 31.2 Å². The van der Waals surface area contributed by atoms with Gasteiger partial charge in [0.2, 0.25) is 0 Å². The molecule has 2 N–H and O–H groups in total. The third kappa shape index (κ3) is 4.10. The van der Waals surface area contributed by atoms with Gasteiger partial charge in [-0.05, 0) is 54.8 Å². The van der Waals surface area contributed by atoms with Crippen molar-refractivity contribution < 1.29 is 14.3 Å². The van der Waals surface area contributed by atoms with E-state index in [-0.39, 0.29) is 11.4 Å². The van der Waals surface area contributed by atoms with Gasteiger partial charge in [0.15, 0.2) is 0 Å². The van der Waals surface area contributed by atoms with Gasteiger partial charge >= 0.3 is 6.03 Å². The lowest BCUT2D eigenvalue weighted by atomic mass is 9.79. The number of rotatable bonds is 6. The minimum atomic E-state index is -0.185. The molecule has 0 aromatic heterocycles. The molecule has 2 amide bonds. The minimum Gasteiger partial charge on any atom is -0.497 e. The lowest BCUT2D eigenvalue weighted by Gasteiger charge is -2.30. The molecular formula is C21H26N2O3. The SMILES string of the molecule is COc1ccc(NC(=O)NCC2(c3ccc(OC)cc3)CCCC2)cc1. The maximum atomic E-state index is 12.3. The van der Waals surface area contributed by atoms with Crippen LogP contribution in [0.15, 0.2) is 48.5 Å². The molecule has 0 bridgehead atoms. The highest BCUT2D eigenvalue weighted by Gasteiger charge is 2.35. The molecule has 2 aromatic rings. The fourth-order valence-electron chi connectivity index (χ4n) is 3.66. The second-order valence-corrected chi connectivity index (χ2v) is 6.75. The van der Waals surface area contributed by atoms with Crippen molar-refractivity contribution in [2.75, 3.05) is 26.1 Å². The van der Waals surface area contributed by atoms with E-state index in [9.17, 15) is 4.79 Å². The number of anilines is 1. The van der Waals surface area contributed by atoms with Gasteiger partial charge in [0.05, 0.1) is 14.2 Å². The molecule has 1 saturated carbocycles. The fraction of sp³-hybridized carbons (Fsp3) is 0.381. The molecule has 3 rings (SSSR count). The van der Waals surface area contributed by atoms with Crippen molar-refractivity contribution in [1.29, 1.82) is 0 Å². The molecule has 138 valence electrons. The first-order chi connectivity index (χ1) is 12.6. The Bertz CT molecular complexity index is 720. The van der Waals surface area contributed by atoms with Crippen molar-refractivity contribution in [3.63, 3.8) is 0 Å². The van der Waals surface area contributed by atoms with Crippen molar-refractivity contribution in [2.24, 2.45) is 0 Å². The molecule has 0 unspecified atom stereocenters. The number of nitrogens with one attached hydrogen (secondary N) is 2. The van der Waals surface area contributed by atoms with Crippen LogP contribution in [0.4, 0.5) is 10.5 Å². The predicted molar refractivity (Wildman–Crippen MR) is 103 cm³/mol. The van der Waals surface area contributed by atoms with Crippen LogP contribution in [-0.2, 0) is 5.41 Å². The first-order valence-electron chi connectivity index (χ1n) is 8.99. The van der Waals surface area contributed by atoms with Gasteiger partial charge < -0.3 is 20.1 Å². The van der Waals surface area contributed by atoms with Gasteiger partial charge in [-0.3, -0.25) is 0 Å². The molecule has 0 heterocycles. The highest BCUT2D eigenvalue weighted by Crippen LogP contribution is 2.41. The van der Waals surface area contributed by atoms with E-state index in [4.69, 9.17) is 9.47 Å². The Morgan fingerprint density at radius 1 is 0.923 bits per heavy atom. The summed E-state index contributed by atoms with van der Waals surface area (Å²) >= 11 is 0. The zero-order valence-electron chi connectivity index (χ0n) is 15.4. The summed E-state index contributed by atoms with van der Waals surface area (Å²) in [5.74, 6) is 1.62. The minimum absolute atomic E-state index is 0.00349. The number of amides is 2. The highest BCUT2D eigenvalue weighted by atomic mass is 16.5. The average molecular weight is 354 g/mol. The van der Waals surface area contributed by atoms with Crippen LogP contribution in [-0.4, -0.2) is 26.8 Å². The van der Waals surface area contributed by atoms with Gasteiger partial charge in [-0.25, -0.2) is 4.79 Å². The zero-order valence-corrected chi connectivity index (χ0v) is 15.4. The lowest BCUT2D eigenvalue weighted by molar-refractivity contribution is 0.248. The Labute approximate surface area is 154 Å². The highest BCUT2D eigenvalue weighted by molar-refractivity contribution is 5.89. The van der Waals surface area contributed by atoms with E-state index in [1.54, 1.807) is 14.2 Å². The first-order valence-corrected chi connectivity index (χ1v) is 8.99. The summed E-state index contributed by atoms with van der Waals surface area (Å²) in [7, 11) is 3.29. The summed E-state index contributed by atoms with van der Waals surface area (Å²) in [6, 6.07) is 15.3. The van der Waals surface area contributed by atoms with Crippen LogP contribution in [0.2, 0.25) is 0 Å². The molecule has 1 fully saturated rings. The van der Waals surface area contributed by atoms with Crippen molar-refractivity contribution in [1.82, 2.24) is 5.32 Å². The summed E-state index contributed by atoms with van der Waals surface area (Å²) in [5.41, 5.74) is 2.01. The molecule has 2 aromatic carbocycles. The molecule has 1 aliphatic rings. The maximum Gasteiger partial charge on any atom is 0.319 e. The molecular weight excluding hydrogens is 328 g/mol. The summed E-state index contributed by atoms with van der Waals surface area (Å²) in [4.78, 5) is 12.3. The van der Waals surface area contributed by atoms with E-state index >= 15 is 0 Å². The normalized spacial score (nSPS) is 15.3. The van der Waals surface area contributed by atoms with Crippen LogP contribution in [0.3, 0.4) is 0 Å². The van der Waals surface area contributed by atoms with Gasteiger partial charge in [0.25, 0.3) is 0 Å². The van der Waals surface area contributed by atoms with Crippen molar-refractivity contribution in [2.45, 2.75) is 31.1 Å². The van der Waals surface area contributed by atoms with Gasteiger partial charge in [-0.1, -0.05) is 25.0 Å². The Kier molecular flexibility index (Phi) is 5.66. The summed E-state index contributed by atoms with van der Waals surface area (Å²) in [6.07, 6.45) is 4.55. The predicted octanol–water partition coefficient (Wildman–Crippen LogP) is 4.34. The summed E-state index contributed by atoms with van der Waals surface area (Å²) < 4.78 is 10.4. The van der Waals surface area contributed by atoms with Crippen LogP contribution >= 0.6 is 0 Å². The second-order valence-electron chi connectivity index (χ2n) is 6.75. The van der Waals surface area contributed by atoms with Crippen LogP contribution in [0.5, 0.6) is 11.5 Å². The van der Waals surface area contributed by atoms with Gasteiger partial charge in [0, 0.05) is 17.6 Å². The number of ether oxygens (including phenoxy) is 2. The largest absolute Gasteiger partial charge is 0.497 e. The molecule has 0 saturated heterocycles. The Balaban J connectivity index is 1.63. The van der Waals surface area contributed by atoms with E-state index in [0.717, 1.165) is 30.0 Å². The number of hydrogen-bond donors (Lipinski definition) is 2. The third-order valence-electron chi connectivity index (χ3n) is 5.20. The molecule has 0 aliphatic heterocycles. The van der Waals surface area contributed by atoms with Crippen LogP contribution in [0.25, 0.3) is 0 Å². The Hall–Kier alpha value is -2.69. The number of carbonyl (C=O) groups excluding carboxylic acids is 1. The number of methoxy groups -OCH3 is 2. The number of hydrogen-bond acceptors (Lipinski definition) is 3.